The third kappa shape index (κ3) is 5.57. The summed E-state index contributed by atoms with van der Waals surface area (Å²) in [6.07, 6.45) is 11.3. The number of aliphatic imine (C=N–C) groups is 1. The van der Waals surface area contributed by atoms with E-state index in [9.17, 15) is 8.78 Å². The van der Waals surface area contributed by atoms with Crippen LogP contribution in [0.1, 0.15) is 89.7 Å². The van der Waals surface area contributed by atoms with E-state index in [1.54, 1.807) is 0 Å². The number of nitrogens with zero attached hydrogens (tertiary/aromatic N) is 5. The second kappa shape index (κ2) is 11.0. The normalized spacial score (nSPS) is 22.0. The third-order valence-corrected chi connectivity index (χ3v) is 7.71. The van der Waals surface area contributed by atoms with Gasteiger partial charge in [-0.05, 0) is 69.6 Å². The summed E-state index contributed by atoms with van der Waals surface area (Å²) in [4.78, 5) is 14.1. The van der Waals surface area contributed by atoms with Gasteiger partial charge >= 0.3 is 0 Å². The molecule has 3 aromatic heterocycles. The minimum Gasteiger partial charge on any atom is -0.350 e. The molecule has 8 heteroatoms. The molecule has 1 fully saturated rings. The molecule has 0 radical (unpaired) electrons. The van der Waals surface area contributed by atoms with Crippen molar-refractivity contribution in [1.82, 2.24) is 19.6 Å². The second-order valence-electron chi connectivity index (χ2n) is 10.5. The molecule has 36 heavy (non-hydrogen) atoms. The SMILES string of the molecule is CCCCC1CCC(Nc2ncc3c(-c4ccc5c(n4)C(CCC(F)F)CC(C)=N5)ccn3n2)CC1. The van der Waals surface area contributed by atoms with E-state index in [0.29, 0.717) is 24.8 Å². The predicted molar refractivity (Wildman–Crippen MR) is 140 cm³/mol. The van der Waals surface area contributed by atoms with Crippen LogP contribution in [-0.2, 0) is 0 Å². The minimum absolute atomic E-state index is 0.0376. The molecule has 5 rings (SSSR count). The topological polar surface area (TPSA) is 67.5 Å². The average Bonchev–Trinajstić information content (AvgIpc) is 3.30. The van der Waals surface area contributed by atoms with Crippen molar-refractivity contribution in [2.24, 2.45) is 10.9 Å². The Bertz CT molecular complexity index is 1210. The summed E-state index contributed by atoms with van der Waals surface area (Å²) in [5.74, 6) is 1.48. The molecule has 0 bridgehead atoms. The van der Waals surface area contributed by atoms with Gasteiger partial charge in [-0.1, -0.05) is 26.2 Å². The van der Waals surface area contributed by atoms with Gasteiger partial charge in [-0.15, -0.1) is 5.10 Å². The van der Waals surface area contributed by atoms with Gasteiger partial charge in [0.1, 0.15) is 0 Å². The third-order valence-electron chi connectivity index (χ3n) is 7.71. The summed E-state index contributed by atoms with van der Waals surface area (Å²) in [5.41, 5.74) is 5.16. The molecule has 4 heterocycles. The molecule has 1 N–H and O–H groups in total. The molecule has 0 spiro atoms. The Kier molecular flexibility index (Phi) is 7.58. The Balaban J connectivity index is 1.32. The highest BCUT2D eigenvalue weighted by Crippen LogP contribution is 2.38. The zero-order chi connectivity index (χ0) is 25.1. The van der Waals surface area contributed by atoms with Gasteiger partial charge in [-0.3, -0.25) is 9.98 Å². The summed E-state index contributed by atoms with van der Waals surface area (Å²) >= 11 is 0. The number of fused-ring (bicyclic) bond motifs is 2. The van der Waals surface area contributed by atoms with E-state index >= 15 is 0 Å². The predicted octanol–water partition coefficient (Wildman–Crippen LogP) is 7.58. The highest BCUT2D eigenvalue weighted by Gasteiger charge is 2.25. The van der Waals surface area contributed by atoms with Crippen molar-refractivity contribution in [3.8, 4) is 11.3 Å². The Morgan fingerprint density at radius 3 is 2.72 bits per heavy atom. The number of anilines is 1. The first-order valence-electron chi connectivity index (χ1n) is 13.4. The van der Waals surface area contributed by atoms with Crippen LogP contribution in [0.2, 0.25) is 0 Å². The second-order valence-corrected chi connectivity index (χ2v) is 10.5. The van der Waals surface area contributed by atoms with E-state index in [0.717, 1.165) is 39.8 Å². The molecular weight excluding hydrogens is 458 g/mol. The first-order valence-corrected chi connectivity index (χ1v) is 13.4. The number of alkyl halides is 2. The van der Waals surface area contributed by atoms with Crippen molar-refractivity contribution >= 4 is 22.9 Å². The molecule has 2 aliphatic rings. The molecule has 1 aliphatic carbocycles. The lowest BCUT2D eigenvalue weighted by molar-refractivity contribution is 0.132. The van der Waals surface area contributed by atoms with Crippen LogP contribution in [0.15, 0.2) is 35.6 Å². The van der Waals surface area contributed by atoms with Crippen LogP contribution in [0.5, 0.6) is 0 Å². The maximum Gasteiger partial charge on any atom is 0.241 e. The standard InChI is InChI=1S/C28H36F2N6/c1-3-4-5-19-6-9-21(10-7-19)33-28-31-17-25-22(14-15-36(25)35-28)23-11-12-24-27(34-23)20(8-13-26(29)30)16-18(2)32-24/h11-12,14-15,17,19-21,26H,3-10,13,16H2,1-2H3,(H,33,35). The van der Waals surface area contributed by atoms with Crippen LogP contribution in [-0.4, -0.2) is 37.8 Å². The molecule has 192 valence electrons. The summed E-state index contributed by atoms with van der Waals surface area (Å²) in [5, 5.41) is 8.24. The van der Waals surface area contributed by atoms with E-state index < -0.39 is 6.43 Å². The summed E-state index contributed by atoms with van der Waals surface area (Å²) < 4.78 is 27.7. The number of pyridine rings is 1. The van der Waals surface area contributed by atoms with Gasteiger partial charge in [-0.25, -0.2) is 18.3 Å². The van der Waals surface area contributed by atoms with E-state index in [4.69, 9.17) is 10.1 Å². The lowest BCUT2D eigenvalue weighted by Gasteiger charge is -2.29. The molecule has 3 aromatic rings. The number of halogens is 2. The van der Waals surface area contributed by atoms with Crippen LogP contribution in [0.3, 0.4) is 0 Å². The number of hydrogen-bond donors (Lipinski definition) is 1. The van der Waals surface area contributed by atoms with Crippen LogP contribution in [0.25, 0.3) is 16.8 Å². The molecule has 1 aliphatic heterocycles. The lowest BCUT2D eigenvalue weighted by atomic mass is 9.83. The van der Waals surface area contributed by atoms with Gasteiger partial charge in [0.2, 0.25) is 12.4 Å². The number of rotatable bonds is 9. The largest absolute Gasteiger partial charge is 0.350 e. The minimum atomic E-state index is -2.30. The van der Waals surface area contributed by atoms with E-state index in [1.807, 2.05) is 42.0 Å². The van der Waals surface area contributed by atoms with E-state index in [1.165, 1.54) is 44.9 Å². The maximum absolute atomic E-state index is 12.9. The highest BCUT2D eigenvalue weighted by atomic mass is 19.3. The molecule has 0 saturated heterocycles. The molecule has 0 amide bonds. The molecule has 1 unspecified atom stereocenters. The molecule has 6 nitrogen and oxygen atoms in total. The number of nitrogens with one attached hydrogen (secondary N) is 1. The van der Waals surface area contributed by atoms with Crippen molar-refractivity contribution in [2.75, 3.05) is 5.32 Å². The lowest BCUT2D eigenvalue weighted by Crippen LogP contribution is -2.27. The quantitative estimate of drug-likeness (QED) is 0.333. The van der Waals surface area contributed by atoms with Crippen LogP contribution >= 0.6 is 0 Å². The fourth-order valence-electron chi connectivity index (χ4n) is 5.74. The first kappa shape index (κ1) is 24.8. The highest BCUT2D eigenvalue weighted by molar-refractivity contribution is 5.88. The summed E-state index contributed by atoms with van der Waals surface area (Å²) in [6.45, 7) is 4.22. The molecule has 0 aromatic carbocycles. The van der Waals surface area contributed by atoms with Crippen molar-refractivity contribution in [3.63, 3.8) is 0 Å². The zero-order valence-corrected chi connectivity index (χ0v) is 21.3. The zero-order valence-electron chi connectivity index (χ0n) is 21.3. The van der Waals surface area contributed by atoms with Crippen LogP contribution in [0.4, 0.5) is 20.4 Å². The van der Waals surface area contributed by atoms with Gasteiger partial charge in [0.25, 0.3) is 0 Å². The van der Waals surface area contributed by atoms with E-state index in [-0.39, 0.29) is 12.3 Å². The van der Waals surface area contributed by atoms with Gasteiger partial charge in [-0.2, -0.15) is 0 Å². The van der Waals surface area contributed by atoms with E-state index in [2.05, 4.69) is 22.2 Å². The van der Waals surface area contributed by atoms with Crippen LogP contribution in [0, 0.1) is 5.92 Å². The van der Waals surface area contributed by atoms with Crippen molar-refractivity contribution < 1.29 is 8.78 Å². The molecule has 1 saturated carbocycles. The van der Waals surface area contributed by atoms with Gasteiger partial charge in [0.15, 0.2) is 0 Å². The summed E-state index contributed by atoms with van der Waals surface area (Å²) in [7, 11) is 0. The van der Waals surface area contributed by atoms with Gasteiger partial charge in [0, 0.05) is 35.9 Å². The van der Waals surface area contributed by atoms with Crippen molar-refractivity contribution in [1.29, 1.82) is 0 Å². The molecule has 1 atom stereocenters. The fourth-order valence-corrected chi connectivity index (χ4v) is 5.74. The first-order chi connectivity index (χ1) is 17.5. The number of unbranched alkanes of at least 4 members (excludes halogenated alkanes) is 1. The van der Waals surface area contributed by atoms with Crippen molar-refractivity contribution in [3.05, 3.63) is 36.3 Å². The monoisotopic (exact) mass is 494 g/mol. The van der Waals surface area contributed by atoms with Gasteiger partial charge in [0.05, 0.1) is 28.8 Å². The Morgan fingerprint density at radius 2 is 1.94 bits per heavy atom. The Labute approximate surface area is 211 Å². The summed E-state index contributed by atoms with van der Waals surface area (Å²) in [6, 6.07) is 6.32. The van der Waals surface area contributed by atoms with Crippen LogP contribution < -0.4 is 5.32 Å². The smallest absolute Gasteiger partial charge is 0.241 e. The fraction of sp³-hybridized carbons (Fsp3) is 0.571. The average molecular weight is 495 g/mol. The Morgan fingerprint density at radius 1 is 1.11 bits per heavy atom. The maximum atomic E-state index is 12.9. The van der Waals surface area contributed by atoms with Gasteiger partial charge < -0.3 is 5.32 Å². The Hall–Kier alpha value is -2.90. The number of aromatic nitrogens is 4. The molecular formula is C28H36F2N6. The number of hydrogen-bond acceptors (Lipinski definition) is 5. The van der Waals surface area contributed by atoms with Crippen molar-refractivity contribution in [2.45, 2.75) is 96.4 Å².